The number of rotatable bonds is 10. The van der Waals surface area contributed by atoms with Gasteiger partial charge in [-0.1, -0.05) is 58.8 Å². The first-order chi connectivity index (χ1) is 21.4. The van der Waals surface area contributed by atoms with Crippen molar-refractivity contribution in [2.24, 2.45) is 5.92 Å². The number of allylic oxidation sites excluding steroid dienone is 5. The number of amides is 1. The second-order valence-electron chi connectivity index (χ2n) is 11.4. The molecule has 236 valence electrons. The summed E-state index contributed by atoms with van der Waals surface area (Å²) in [5.41, 5.74) is 4.50. The number of aromatic nitrogens is 2. The Balaban J connectivity index is 0.00000216. The molecule has 0 saturated carbocycles. The molecule has 0 bridgehead atoms. The van der Waals surface area contributed by atoms with Crippen molar-refractivity contribution in [1.29, 1.82) is 0 Å². The van der Waals surface area contributed by atoms with Gasteiger partial charge in [-0.3, -0.25) is 9.69 Å². The smallest absolute Gasteiger partial charge is 0.257 e. The molecule has 0 unspecified atom stereocenters. The number of ether oxygens (including phenoxy) is 2. The van der Waals surface area contributed by atoms with Crippen LogP contribution in [0, 0.1) is 5.92 Å². The van der Waals surface area contributed by atoms with Crippen LogP contribution < -0.4 is 4.74 Å². The number of carbonyl (C=O) groups is 1. The first kappa shape index (κ1) is 32.9. The van der Waals surface area contributed by atoms with E-state index in [0.717, 1.165) is 71.0 Å². The molecule has 1 amide bonds. The molecular formula is C36H48N4O4. The minimum Gasteiger partial charge on any atom is -0.504 e. The molecule has 8 nitrogen and oxygen atoms in total. The van der Waals surface area contributed by atoms with Gasteiger partial charge in [0.25, 0.3) is 5.91 Å². The predicted molar refractivity (Wildman–Crippen MR) is 179 cm³/mol. The minimum absolute atomic E-state index is 0.135. The number of carbonyl (C=O) groups excluding carboxylic acids is 1. The number of piperazine rings is 1. The number of hydrogen-bond acceptors (Lipinski definition) is 6. The fourth-order valence-corrected chi connectivity index (χ4v) is 5.74. The standard InChI is InChI=1S/C34H42N4O4.C2H6/c1-23(2)10-8-9-13-37-14-16-38(17-15-37)34(40)28-18-24(20-31(42-4)32(28)39)25-19-27-29(22-36-33(27)35-21-25)26-11-6-5-7-12-30(26)41-3;1-2/h5-6,11-12,18-23,39H,7-10,13-17H2,1-4H3,(H,35,36);1-2H3. The average Bonchev–Trinajstić information content (AvgIpc) is 3.32. The summed E-state index contributed by atoms with van der Waals surface area (Å²) in [4.78, 5) is 25.9. The van der Waals surface area contributed by atoms with E-state index in [-0.39, 0.29) is 23.0 Å². The van der Waals surface area contributed by atoms with Crippen molar-refractivity contribution in [2.45, 2.75) is 53.4 Å². The number of aromatic hydroxyl groups is 1. The Labute approximate surface area is 262 Å². The van der Waals surface area contributed by atoms with E-state index in [0.29, 0.717) is 13.1 Å². The van der Waals surface area contributed by atoms with Gasteiger partial charge in [-0.05, 0) is 55.1 Å². The lowest BCUT2D eigenvalue weighted by atomic mass is 9.98. The van der Waals surface area contributed by atoms with Crippen LogP contribution in [0.3, 0.4) is 0 Å². The van der Waals surface area contributed by atoms with Gasteiger partial charge in [0.05, 0.1) is 19.8 Å². The zero-order chi connectivity index (χ0) is 31.6. The van der Waals surface area contributed by atoms with Gasteiger partial charge in [0.2, 0.25) is 0 Å². The van der Waals surface area contributed by atoms with Crippen molar-refractivity contribution in [2.75, 3.05) is 46.9 Å². The van der Waals surface area contributed by atoms with Crippen molar-refractivity contribution in [3.8, 4) is 22.6 Å². The van der Waals surface area contributed by atoms with Gasteiger partial charge in [-0.15, -0.1) is 0 Å². The van der Waals surface area contributed by atoms with Crippen molar-refractivity contribution >= 4 is 22.5 Å². The van der Waals surface area contributed by atoms with Gasteiger partial charge < -0.3 is 24.5 Å². The number of hydrogen-bond donors (Lipinski definition) is 2. The monoisotopic (exact) mass is 600 g/mol. The zero-order valence-corrected chi connectivity index (χ0v) is 27.2. The Kier molecular flexibility index (Phi) is 11.7. The Bertz CT molecular complexity index is 1510. The van der Waals surface area contributed by atoms with Crippen LogP contribution in [0.25, 0.3) is 27.7 Å². The van der Waals surface area contributed by atoms with Gasteiger partial charge in [0.1, 0.15) is 11.4 Å². The number of unbranched alkanes of at least 4 members (excludes halogenated alkanes) is 1. The Morgan fingerprint density at radius 2 is 1.82 bits per heavy atom. The summed E-state index contributed by atoms with van der Waals surface area (Å²) in [7, 11) is 3.18. The van der Waals surface area contributed by atoms with Gasteiger partial charge in [-0.25, -0.2) is 4.98 Å². The summed E-state index contributed by atoms with van der Waals surface area (Å²) in [6, 6.07) is 5.56. The summed E-state index contributed by atoms with van der Waals surface area (Å²) >= 11 is 0. The molecule has 8 heteroatoms. The molecule has 5 rings (SSSR count). The summed E-state index contributed by atoms with van der Waals surface area (Å²) < 4.78 is 11.2. The molecule has 0 radical (unpaired) electrons. The molecule has 44 heavy (non-hydrogen) atoms. The number of phenols is 1. The molecule has 0 atom stereocenters. The van der Waals surface area contributed by atoms with Crippen LogP contribution in [0.4, 0.5) is 0 Å². The molecule has 1 aliphatic heterocycles. The first-order valence-electron chi connectivity index (χ1n) is 15.9. The predicted octanol–water partition coefficient (Wildman–Crippen LogP) is 7.43. The summed E-state index contributed by atoms with van der Waals surface area (Å²) in [5, 5.41) is 11.9. The lowest BCUT2D eigenvalue weighted by molar-refractivity contribution is 0.0631. The van der Waals surface area contributed by atoms with Crippen LogP contribution >= 0.6 is 0 Å². The third kappa shape index (κ3) is 7.53. The molecule has 1 aliphatic carbocycles. The fourth-order valence-electron chi connectivity index (χ4n) is 5.74. The van der Waals surface area contributed by atoms with Crippen molar-refractivity contribution in [3.63, 3.8) is 0 Å². The highest BCUT2D eigenvalue weighted by molar-refractivity contribution is 6.00. The molecule has 1 fully saturated rings. The second kappa shape index (κ2) is 15.6. The quantitative estimate of drug-likeness (QED) is 0.235. The Hall–Kier alpha value is -4.04. The van der Waals surface area contributed by atoms with Crippen LogP contribution in [0.1, 0.15) is 69.3 Å². The van der Waals surface area contributed by atoms with Gasteiger partial charge in [0, 0.05) is 60.7 Å². The molecular weight excluding hydrogens is 552 g/mol. The topological polar surface area (TPSA) is 90.9 Å². The molecule has 0 spiro atoms. The largest absolute Gasteiger partial charge is 0.504 e. The maximum atomic E-state index is 13.7. The number of nitrogens with zero attached hydrogens (tertiary/aromatic N) is 3. The maximum Gasteiger partial charge on any atom is 0.257 e. The minimum atomic E-state index is -0.186. The summed E-state index contributed by atoms with van der Waals surface area (Å²) in [6.45, 7) is 12.5. The number of pyridine rings is 1. The van der Waals surface area contributed by atoms with Crippen LogP contribution in [-0.4, -0.2) is 77.7 Å². The number of benzene rings is 1. The molecule has 2 N–H and O–H groups in total. The first-order valence-corrected chi connectivity index (χ1v) is 15.9. The van der Waals surface area contributed by atoms with E-state index in [4.69, 9.17) is 9.47 Å². The van der Waals surface area contributed by atoms with Gasteiger partial charge >= 0.3 is 0 Å². The molecule has 3 aromatic rings. The van der Waals surface area contributed by atoms with E-state index in [2.05, 4.69) is 46.9 Å². The Morgan fingerprint density at radius 1 is 1.05 bits per heavy atom. The highest BCUT2D eigenvalue weighted by atomic mass is 16.5. The summed E-state index contributed by atoms with van der Waals surface area (Å²) in [5.74, 6) is 1.48. The van der Waals surface area contributed by atoms with Crippen LogP contribution in [-0.2, 0) is 4.74 Å². The lowest BCUT2D eigenvalue weighted by Gasteiger charge is -2.35. The highest BCUT2D eigenvalue weighted by Gasteiger charge is 2.26. The highest BCUT2D eigenvalue weighted by Crippen LogP contribution is 2.38. The number of fused-ring (bicyclic) bond motifs is 1. The van der Waals surface area contributed by atoms with E-state index in [1.807, 2.05) is 37.1 Å². The molecule has 2 aliphatic rings. The number of nitrogens with one attached hydrogen (secondary N) is 1. The van der Waals surface area contributed by atoms with E-state index < -0.39 is 0 Å². The van der Waals surface area contributed by atoms with Crippen molar-refractivity contribution in [3.05, 3.63) is 71.8 Å². The fraction of sp³-hybridized carbons (Fsp3) is 0.444. The van der Waals surface area contributed by atoms with Crippen LogP contribution in [0.2, 0.25) is 0 Å². The zero-order valence-electron chi connectivity index (χ0n) is 27.2. The lowest BCUT2D eigenvalue weighted by Crippen LogP contribution is -2.48. The third-order valence-electron chi connectivity index (χ3n) is 8.17. The SMILES string of the molecule is CC.COC1=CCC=CC=C1c1c[nH]c2ncc(-c3cc(OC)c(O)c(C(=O)N4CCN(CCCCC(C)C)CC4)c3)cc12. The van der Waals surface area contributed by atoms with E-state index in [1.165, 1.54) is 26.4 Å². The van der Waals surface area contributed by atoms with E-state index >= 15 is 0 Å². The van der Waals surface area contributed by atoms with Gasteiger partial charge in [-0.2, -0.15) is 0 Å². The van der Waals surface area contributed by atoms with Crippen molar-refractivity contribution < 1.29 is 19.4 Å². The molecule has 1 aromatic carbocycles. The number of methoxy groups -OCH3 is 2. The van der Waals surface area contributed by atoms with Crippen LogP contribution in [0.5, 0.6) is 11.5 Å². The maximum absolute atomic E-state index is 13.7. The molecule has 2 aromatic heterocycles. The summed E-state index contributed by atoms with van der Waals surface area (Å²) in [6.07, 6.45) is 16.4. The van der Waals surface area contributed by atoms with E-state index in [9.17, 15) is 9.90 Å². The second-order valence-corrected chi connectivity index (χ2v) is 11.4. The van der Waals surface area contributed by atoms with Crippen molar-refractivity contribution in [1.82, 2.24) is 19.8 Å². The third-order valence-corrected chi connectivity index (χ3v) is 8.17. The average molecular weight is 601 g/mol. The number of H-pyrrole nitrogens is 1. The van der Waals surface area contributed by atoms with Crippen LogP contribution in [0.15, 0.2) is 60.7 Å². The number of phenolic OH excluding ortho intramolecular Hbond substituents is 1. The van der Waals surface area contributed by atoms with Gasteiger partial charge in [0.15, 0.2) is 11.5 Å². The normalized spacial score (nSPS) is 15.4. The molecule has 3 heterocycles. The van der Waals surface area contributed by atoms with E-state index in [1.54, 1.807) is 25.4 Å². The number of aromatic amines is 1. The molecule has 1 saturated heterocycles. The Morgan fingerprint density at radius 3 is 2.52 bits per heavy atom.